The molecule has 0 amide bonds. The van der Waals surface area contributed by atoms with Gasteiger partial charge in [-0.1, -0.05) is 65.1 Å². The number of carbonyl (C=O) groups excluding carboxylic acids is 2. The fourth-order valence-electron chi connectivity index (χ4n) is 1.54. The number of benzene rings is 1. The zero-order valence-electron chi connectivity index (χ0n) is 11.2. The quantitative estimate of drug-likeness (QED) is 0.487. The molecule has 0 bridgehead atoms. The van der Waals surface area contributed by atoms with Crippen LogP contribution in [0, 0.1) is 0 Å². The molecule has 0 saturated heterocycles. The molecule has 0 spiro atoms. The summed E-state index contributed by atoms with van der Waals surface area (Å²) in [6, 6.07) is 8.74. The van der Waals surface area contributed by atoms with Crippen LogP contribution in [0.5, 0.6) is 0 Å². The number of ether oxygens (including phenoxy) is 1. The van der Waals surface area contributed by atoms with Crippen molar-refractivity contribution in [3.63, 3.8) is 0 Å². The molecule has 0 aliphatic rings. The molecule has 1 N–H and O–H groups in total. The predicted molar refractivity (Wildman–Crippen MR) is 83.5 cm³/mol. The molecule has 0 radical (unpaired) electrons. The number of carbonyl (C=O) groups is 2. The first-order valence-electron chi connectivity index (χ1n) is 6.00. The molecule has 4 nitrogen and oxygen atoms in total. The molecular formula is C14H14Cl3NO3. The van der Waals surface area contributed by atoms with Gasteiger partial charge in [0.2, 0.25) is 5.78 Å². The van der Waals surface area contributed by atoms with Gasteiger partial charge in [0, 0.05) is 18.7 Å². The highest BCUT2D eigenvalue weighted by Gasteiger charge is 2.28. The van der Waals surface area contributed by atoms with Gasteiger partial charge in [0.15, 0.2) is 0 Å². The van der Waals surface area contributed by atoms with Crippen LogP contribution in [0.1, 0.15) is 5.56 Å². The Morgan fingerprint density at radius 1 is 1.29 bits per heavy atom. The number of ketones is 1. The molecule has 0 aromatic heterocycles. The average molecular weight is 351 g/mol. The lowest BCUT2D eigenvalue weighted by Gasteiger charge is -2.15. The van der Waals surface area contributed by atoms with Crippen molar-refractivity contribution in [3.8, 4) is 0 Å². The van der Waals surface area contributed by atoms with E-state index < -0.39 is 21.6 Å². The zero-order valence-corrected chi connectivity index (χ0v) is 13.5. The number of nitrogens with one attached hydrogen (secondary N) is 1. The SMILES string of the molecule is COC(=O)C(Cc1ccccc1)N/C=C\C(=O)C(Cl)(Cl)Cl. The normalized spacial score (nSPS) is 13.0. The molecule has 114 valence electrons. The number of methoxy groups -OCH3 is 1. The van der Waals surface area contributed by atoms with E-state index in [1.807, 2.05) is 30.3 Å². The Morgan fingerprint density at radius 3 is 2.43 bits per heavy atom. The van der Waals surface area contributed by atoms with Crippen molar-refractivity contribution in [3.05, 3.63) is 48.2 Å². The second-order valence-electron chi connectivity index (χ2n) is 4.13. The summed E-state index contributed by atoms with van der Waals surface area (Å²) in [5.74, 6) is -1.16. The van der Waals surface area contributed by atoms with Crippen LogP contribution in [0.15, 0.2) is 42.6 Å². The van der Waals surface area contributed by atoms with Gasteiger partial charge < -0.3 is 10.1 Å². The molecule has 0 saturated carbocycles. The third kappa shape index (κ3) is 6.38. The first-order chi connectivity index (χ1) is 9.84. The minimum atomic E-state index is -2.02. The standard InChI is InChI=1S/C14H14Cl3NO3/c1-21-13(20)11(9-10-5-3-2-4-6-10)18-8-7-12(19)14(15,16)17/h2-8,11,18H,9H2,1H3/b8-7-. The molecule has 0 heterocycles. The Balaban J connectivity index is 2.70. The van der Waals surface area contributed by atoms with Gasteiger partial charge in [0.05, 0.1) is 7.11 Å². The van der Waals surface area contributed by atoms with Gasteiger partial charge in [-0.25, -0.2) is 4.79 Å². The Bertz CT molecular complexity index is 512. The molecule has 0 aliphatic carbocycles. The van der Waals surface area contributed by atoms with Gasteiger partial charge >= 0.3 is 5.97 Å². The van der Waals surface area contributed by atoms with E-state index in [1.54, 1.807) is 0 Å². The van der Waals surface area contributed by atoms with Crippen LogP contribution < -0.4 is 5.32 Å². The third-order valence-electron chi connectivity index (χ3n) is 2.58. The van der Waals surface area contributed by atoms with Gasteiger partial charge in [0.1, 0.15) is 6.04 Å². The lowest BCUT2D eigenvalue weighted by molar-refractivity contribution is -0.142. The first kappa shape index (κ1) is 17.8. The summed E-state index contributed by atoms with van der Waals surface area (Å²) < 4.78 is 2.70. The summed E-state index contributed by atoms with van der Waals surface area (Å²) in [7, 11) is 1.29. The fraction of sp³-hybridized carbons (Fsp3) is 0.286. The van der Waals surface area contributed by atoms with Crippen molar-refractivity contribution < 1.29 is 14.3 Å². The van der Waals surface area contributed by atoms with Gasteiger partial charge in [-0.15, -0.1) is 0 Å². The molecule has 21 heavy (non-hydrogen) atoms. The van der Waals surface area contributed by atoms with Crippen molar-refractivity contribution in [2.24, 2.45) is 0 Å². The second-order valence-corrected chi connectivity index (χ2v) is 6.41. The number of allylic oxidation sites excluding steroid dienone is 1. The average Bonchev–Trinajstić information content (AvgIpc) is 2.45. The molecule has 1 rings (SSSR count). The lowest BCUT2D eigenvalue weighted by Crippen LogP contribution is -2.36. The molecule has 7 heteroatoms. The molecule has 1 unspecified atom stereocenters. The molecule has 1 aromatic carbocycles. The van der Waals surface area contributed by atoms with Crippen LogP contribution in [0.2, 0.25) is 0 Å². The van der Waals surface area contributed by atoms with Crippen LogP contribution in [-0.4, -0.2) is 28.7 Å². The Labute approximate surface area is 138 Å². The van der Waals surface area contributed by atoms with Gasteiger partial charge in [-0.05, 0) is 5.56 Å². The van der Waals surface area contributed by atoms with Crippen LogP contribution in [0.4, 0.5) is 0 Å². The summed E-state index contributed by atoms with van der Waals surface area (Å²) in [6.45, 7) is 0. The van der Waals surface area contributed by atoms with Crippen molar-refractivity contribution in [2.75, 3.05) is 7.11 Å². The molecule has 1 aromatic rings. The predicted octanol–water partition coefficient (Wildman–Crippen LogP) is 2.81. The van der Waals surface area contributed by atoms with Gasteiger partial charge in [-0.2, -0.15) is 0 Å². The summed E-state index contributed by atoms with van der Waals surface area (Å²) in [5.41, 5.74) is 0.946. The number of halogens is 3. The molecule has 0 fully saturated rings. The molecular weight excluding hydrogens is 337 g/mol. The van der Waals surface area contributed by atoms with Crippen LogP contribution >= 0.6 is 34.8 Å². The number of alkyl halides is 3. The Morgan fingerprint density at radius 2 is 1.90 bits per heavy atom. The number of esters is 1. The Hall–Kier alpha value is -1.23. The van der Waals surface area contributed by atoms with Crippen molar-refractivity contribution >= 4 is 46.6 Å². The van der Waals surface area contributed by atoms with E-state index >= 15 is 0 Å². The minimum Gasteiger partial charge on any atom is -0.467 e. The van der Waals surface area contributed by atoms with Crippen LogP contribution in [-0.2, 0) is 20.7 Å². The van der Waals surface area contributed by atoms with E-state index in [1.165, 1.54) is 13.3 Å². The van der Waals surface area contributed by atoms with Gasteiger partial charge in [-0.3, -0.25) is 4.79 Å². The minimum absolute atomic E-state index is 0.403. The maximum absolute atomic E-state index is 11.7. The van der Waals surface area contributed by atoms with Crippen molar-refractivity contribution in [1.29, 1.82) is 0 Å². The van der Waals surface area contributed by atoms with E-state index in [-0.39, 0.29) is 0 Å². The molecule has 1 atom stereocenters. The van der Waals surface area contributed by atoms with Crippen LogP contribution in [0.3, 0.4) is 0 Å². The number of rotatable bonds is 6. The topological polar surface area (TPSA) is 55.4 Å². The largest absolute Gasteiger partial charge is 0.467 e. The third-order valence-corrected chi connectivity index (χ3v) is 3.14. The fourth-order valence-corrected chi connectivity index (χ4v) is 1.73. The van der Waals surface area contributed by atoms with E-state index in [9.17, 15) is 9.59 Å². The summed E-state index contributed by atoms with van der Waals surface area (Å²) in [5, 5.41) is 2.77. The number of hydrogen-bond donors (Lipinski definition) is 1. The van der Waals surface area contributed by atoms with E-state index in [0.29, 0.717) is 6.42 Å². The van der Waals surface area contributed by atoms with E-state index in [0.717, 1.165) is 11.6 Å². The Kier molecular flexibility index (Phi) is 7.02. The lowest BCUT2D eigenvalue weighted by atomic mass is 10.1. The summed E-state index contributed by atoms with van der Waals surface area (Å²) in [6.07, 6.45) is 2.74. The van der Waals surface area contributed by atoms with Crippen LogP contribution in [0.25, 0.3) is 0 Å². The van der Waals surface area contributed by atoms with E-state index in [2.05, 4.69) is 5.32 Å². The monoisotopic (exact) mass is 349 g/mol. The highest BCUT2D eigenvalue weighted by Crippen LogP contribution is 2.27. The maximum atomic E-state index is 11.7. The maximum Gasteiger partial charge on any atom is 0.328 e. The van der Waals surface area contributed by atoms with Crippen molar-refractivity contribution in [2.45, 2.75) is 16.3 Å². The summed E-state index contributed by atoms with van der Waals surface area (Å²) in [4.78, 5) is 23.1. The zero-order chi connectivity index (χ0) is 15.9. The van der Waals surface area contributed by atoms with Crippen molar-refractivity contribution in [1.82, 2.24) is 5.32 Å². The summed E-state index contributed by atoms with van der Waals surface area (Å²) >= 11 is 16.3. The second kappa shape index (κ2) is 8.27. The first-order valence-corrected chi connectivity index (χ1v) is 7.13. The highest BCUT2D eigenvalue weighted by molar-refractivity contribution is 6.77. The highest BCUT2D eigenvalue weighted by atomic mass is 35.6. The molecule has 0 aliphatic heterocycles. The smallest absolute Gasteiger partial charge is 0.328 e. The van der Waals surface area contributed by atoms with Gasteiger partial charge in [0.25, 0.3) is 3.79 Å². The number of hydrogen-bond acceptors (Lipinski definition) is 4. The van der Waals surface area contributed by atoms with E-state index in [4.69, 9.17) is 39.5 Å².